The number of ether oxygens (including phenoxy) is 1. The van der Waals surface area contributed by atoms with E-state index in [1.165, 1.54) is 5.56 Å². The predicted octanol–water partition coefficient (Wildman–Crippen LogP) is 1.68. The number of aromatic nitrogens is 2. The van der Waals surface area contributed by atoms with Crippen LogP contribution in [0.25, 0.3) is 0 Å². The largest absolute Gasteiger partial charge is 0.378 e. The molecule has 0 aliphatic carbocycles. The number of nitrogens with zero attached hydrogens (tertiary/aromatic N) is 5. The van der Waals surface area contributed by atoms with E-state index in [-0.39, 0.29) is 0 Å². The third-order valence-electron chi connectivity index (χ3n) is 5.23. The highest BCUT2D eigenvalue weighted by molar-refractivity contribution is 5.45. The lowest BCUT2D eigenvalue weighted by atomic mass is 10.1. The van der Waals surface area contributed by atoms with Crippen molar-refractivity contribution >= 4 is 11.6 Å². The molecule has 26 heavy (non-hydrogen) atoms. The molecule has 0 unspecified atom stereocenters. The van der Waals surface area contributed by atoms with Gasteiger partial charge < -0.3 is 14.5 Å². The van der Waals surface area contributed by atoms with E-state index in [1.54, 1.807) is 0 Å². The highest BCUT2D eigenvalue weighted by atomic mass is 16.5. The van der Waals surface area contributed by atoms with Crippen LogP contribution in [-0.4, -0.2) is 74.1 Å². The van der Waals surface area contributed by atoms with E-state index in [0.717, 1.165) is 77.1 Å². The van der Waals surface area contributed by atoms with Gasteiger partial charge in [0.25, 0.3) is 0 Å². The summed E-state index contributed by atoms with van der Waals surface area (Å²) in [7, 11) is 0. The minimum absolute atomic E-state index is 0.772. The van der Waals surface area contributed by atoms with Gasteiger partial charge in [-0.2, -0.15) is 0 Å². The van der Waals surface area contributed by atoms with Gasteiger partial charge in [-0.15, -0.1) is 10.2 Å². The maximum absolute atomic E-state index is 5.40. The fourth-order valence-corrected chi connectivity index (χ4v) is 3.58. The fourth-order valence-electron chi connectivity index (χ4n) is 3.58. The highest BCUT2D eigenvalue weighted by Gasteiger charge is 2.19. The average Bonchev–Trinajstić information content (AvgIpc) is 2.74. The number of piperazine rings is 1. The Morgan fingerprint density at radius 3 is 1.96 bits per heavy atom. The number of benzene rings is 1. The van der Waals surface area contributed by atoms with Gasteiger partial charge in [0.05, 0.1) is 13.2 Å². The van der Waals surface area contributed by atoms with E-state index in [2.05, 4.69) is 67.4 Å². The molecule has 0 amide bonds. The van der Waals surface area contributed by atoms with Gasteiger partial charge in [-0.25, -0.2) is 0 Å². The molecular weight excluding hydrogens is 326 g/mol. The van der Waals surface area contributed by atoms with Crippen LogP contribution in [0.2, 0.25) is 0 Å². The van der Waals surface area contributed by atoms with Crippen molar-refractivity contribution in [3.05, 3.63) is 48.0 Å². The van der Waals surface area contributed by atoms with E-state index < -0.39 is 0 Å². The summed E-state index contributed by atoms with van der Waals surface area (Å²) in [5.74, 6) is 1.95. The molecule has 0 saturated carbocycles. The van der Waals surface area contributed by atoms with Gasteiger partial charge in [0, 0.05) is 45.8 Å². The van der Waals surface area contributed by atoms with Crippen LogP contribution in [0.5, 0.6) is 0 Å². The van der Waals surface area contributed by atoms with Gasteiger partial charge >= 0.3 is 0 Å². The number of morpholine rings is 1. The molecule has 2 fully saturated rings. The van der Waals surface area contributed by atoms with Gasteiger partial charge in [0.2, 0.25) is 0 Å². The molecule has 1 aromatic heterocycles. The Morgan fingerprint density at radius 1 is 0.731 bits per heavy atom. The van der Waals surface area contributed by atoms with Crippen LogP contribution in [-0.2, 0) is 11.2 Å². The second kappa shape index (κ2) is 8.47. The predicted molar refractivity (Wildman–Crippen MR) is 104 cm³/mol. The fraction of sp³-hybridized carbons (Fsp3) is 0.500. The molecule has 0 spiro atoms. The first-order chi connectivity index (χ1) is 12.9. The third-order valence-corrected chi connectivity index (χ3v) is 5.23. The Balaban J connectivity index is 1.26. The van der Waals surface area contributed by atoms with Crippen LogP contribution >= 0.6 is 0 Å². The minimum atomic E-state index is 0.772. The van der Waals surface area contributed by atoms with Crippen molar-refractivity contribution in [2.75, 3.05) is 68.8 Å². The summed E-state index contributed by atoms with van der Waals surface area (Å²) >= 11 is 0. The van der Waals surface area contributed by atoms with Crippen LogP contribution in [0.1, 0.15) is 5.56 Å². The molecule has 2 aromatic rings. The zero-order valence-corrected chi connectivity index (χ0v) is 15.3. The molecule has 6 nitrogen and oxygen atoms in total. The quantitative estimate of drug-likeness (QED) is 0.815. The maximum atomic E-state index is 5.40. The lowest BCUT2D eigenvalue weighted by Crippen LogP contribution is -2.47. The van der Waals surface area contributed by atoms with Crippen molar-refractivity contribution in [3.8, 4) is 0 Å². The van der Waals surface area contributed by atoms with Crippen molar-refractivity contribution in [2.24, 2.45) is 0 Å². The number of anilines is 2. The molecule has 6 heteroatoms. The lowest BCUT2D eigenvalue weighted by molar-refractivity contribution is 0.122. The lowest BCUT2D eigenvalue weighted by Gasteiger charge is -2.35. The third kappa shape index (κ3) is 4.31. The van der Waals surface area contributed by atoms with Crippen LogP contribution in [0.15, 0.2) is 42.5 Å². The standard InChI is InChI=1S/C20H27N5O/c1-2-4-18(5-3-1)8-9-23-10-12-24(13-11-23)19-6-7-20(22-21-19)25-14-16-26-17-15-25/h1-7H,8-17H2. The molecule has 0 bridgehead atoms. The topological polar surface area (TPSA) is 44.7 Å². The maximum Gasteiger partial charge on any atom is 0.151 e. The number of hydrogen-bond acceptors (Lipinski definition) is 6. The zero-order chi connectivity index (χ0) is 17.6. The average molecular weight is 353 g/mol. The SMILES string of the molecule is c1ccc(CCN2CCN(c3ccc(N4CCOCC4)nn3)CC2)cc1. The molecule has 2 saturated heterocycles. The van der Waals surface area contributed by atoms with Gasteiger partial charge in [-0.3, -0.25) is 4.90 Å². The zero-order valence-electron chi connectivity index (χ0n) is 15.3. The Hall–Kier alpha value is -2.18. The summed E-state index contributed by atoms with van der Waals surface area (Å²) in [5, 5.41) is 8.91. The van der Waals surface area contributed by atoms with Crippen LogP contribution < -0.4 is 9.80 Å². The molecular formula is C20H27N5O. The first-order valence-electron chi connectivity index (χ1n) is 9.56. The molecule has 1 aromatic carbocycles. The summed E-state index contributed by atoms with van der Waals surface area (Å²) in [6.07, 6.45) is 1.12. The van der Waals surface area contributed by atoms with Crippen LogP contribution in [0, 0.1) is 0 Å². The van der Waals surface area contributed by atoms with Gasteiger partial charge in [-0.05, 0) is 24.1 Å². The van der Waals surface area contributed by atoms with Crippen molar-refractivity contribution in [1.29, 1.82) is 0 Å². The molecule has 2 aliphatic rings. The second-order valence-electron chi connectivity index (χ2n) is 6.91. The molecule has 3 heterocycles. The molecule has 0 N–H and O–H groups in total. The van der Waals surface area contributed by atoms with Gasteiger partial charge in [-0.1, -0.05) is 30.3 Å². The molecule has 0 radical (unpaired) electrons. The number of rotatable bonds is 5. The van der Waals surface area contributed by atoms with E-state index >= 15 is 0 Å². The molecule has 0 atom stereocenters. The van der Waals surface area contributed by atoms with E-state index in [4.69, 9.17) is 4.74 Å². The van der Waals surface area contributed by atoms with Crippen molar-refractivity contribution < 1.29 is 4.74 Å². The first kappa shape index (κ1) is 17.2. The number of hydrogen-bond donors (Lipinski definition) is 0. The van der Waals surface area contributed by atoms with Crippen LogP contribution in [0.3, 0.4) is 0 Å². The van der Waals surface area contributed by atoms with Gasteiger partial charge in [0.15, 0.2) is 11.6 Å². The smallest absolute Gasteiger partial charge is 0.151 e. The highest BCUT2D eigenvalue weighted by Crippen LogP contribution is 2.17. The molecule has 138 valence electrons. The summed E-state index contributed by atoms with van der Waals surface area (Å²) in [5.41, 5.74) is 1.42. The van der Waals surface area contributed by atoms with Crippen molar-refractivity contribution in [2.45, 2.75) is 6.42 Å². The van der Waals surface area contributed by atoms with Crippen molar-refractivity contribution in [1.82, 2.24) is 15.1 Å². The van der Waals surface area contributed by atoms with Crippen LogP contribution in [0.4, 0.5) is 11.6 Å². The Morgan fingerprint density at radius 2 is 1.35 bits per heavy atom. The molecule has 4 rings (SSSR count). The van der Waals surface area contributed by atoms with E-state index in [0.29, 0.717) is 0 Å². The minimum Gasteiger partial charge on any atom is -0.378 e. The summed E-state index contributed by atoms with van der Waals surface area (Å²) < 4.78 is 5.40. The van der Waals surface area contributed by atoms with E-state index in [1.807, 2.05) is 0 Å². The monoisotopic (exact) mass is 353 g/mol. The molecule has 2 aliphatic heterocycles. The normalized spacial score (nSPS) is 18.9. The Labute approximate surface area is 155 Å². The van der Waals surface area contributed by atoms with Gasteiger partial charge in [0.1, 0.15) is 0 Å². The summed E-state index contributed by atoms with van der Waals surface area (Å²) in [4.78, 5) is 7.12. The summed E-state index contributed by atoms with van der Waals surface area (Å²) in [6.45, 7) is 8.66. The van der Waals surface area contributed by atoms with E-state index in [9.17, 15) is 0 Å². The van der Waals surface area contributed by atoms with Crippen molar-refractivity contribution in [3.63, 3.8) is 0 Å². The summed E-state index contributed by atoms with van der Waals surface area (Å²) in [6, 6.07) is 14.9. The second-order valence-corrected chi connectivity index (χ2v) is 6.91. The Bertz CT molecular complexity index is 664. The Kier molecular flexibility index (Phi) is 5.62. The first-order valence-corrected chi connectivity index (χ1v) is 9.56.